The molecule has 0 radical (unpaired) electrons. The topological polar surface area (TPSA) is 45.8 Å². The number of fused-ring (bicyclic) bond motifs is 1. The fourth-order valence-corrected chi connectivity index (χ4v) is 1.37. The van der Waals surface area contributed by atoms with Gasteiger partial charge in [0.1, 0.15) is 5.65 Å². The van der Waals surface area contributed by atoms with Crippen LogP contribution in [0.25, 0.3) is 11.0 Å². The standard InChI is InChI=1S/C10H8F2N2O/c1-4-3-6-8(12)7(11)5(2)13-9(6)14-10(4)15/h3H,1-2H3,(H,13,14,15). The molecule has 0 saturated carbocycles. The highest BCUT2D eigenvalue weighted by molar-refractivity contribution is 5.76. The Bertz CT molecular complexity index is 604. The number of rotatable bonds is 0. The molecule has 3 nitrogen and oxygen atoms in total. The number of pyridine rings is 2. The number of H-pyrrole nitrogens is 1. The Labute approximate surface area is 83.8 Å². The van der Waals surface area contributed by atoms with Crippen molar-refractivity contribution < 1.29 is 8.78 Å². The van der Waals surface area contributed by atoms with Gasteiger partial charge in [-0.05, 0) is 19.9 Å². The second-order valence-corrected chi connectivity index (χ2v) is 3.37. The summed E-state index contributed by atoms with van der Waals surface area (Å²) in [6.07, 6.45) is 0. The molecule has 2 heterocycles. The number of halogens is 2. The highest BCUT2D eigenvalue weighted by atomic mass is 19.2. The molecule has 0 aliphatic rings. The second-order valence-electron chi connectivity index (χ2n) is 3.37. The van der Waals surface area contributed by atoms with Gasteiger partial charge in [-0.25, -0.2) is 13.8 Å². The van der Waals surface area contributed by atoms with Crippen LogP contribution in [0.15, 0.2) is 10.9 Å². The van der Waals surface area contributed by atoms with Crippen molar-refractivity contribution in [2.75, 3.05) is 0 Å². The molecule has 5 heteroatoms. The van der Waals surface area contributed by atoms with E-state index < -0.39 is 11.6 Å². The molecule has 0 bridgehead atoms. The molecule has 0 spiro atoms. The lowest BCUT2D eigenvalue weighted by atomic mass is 10.2. The molecule has 78 valence electrons. The van der Waals surface area contributed by atoms with Crippen LogP contribution in [0.1, 0.15) is 11.3 Å². The fraction of sp³-hybridized carbons (Fsp3) is 0.200. The molecule has 1 N–H and O–H groups in total. The van der Waals surface area contributed by atoms with Crippen LogP contribution >= 0.6 is 0 Å². The van der Waals surface area contributed by atoms with Crippen molar-refractivity contribution in [1.29, 1.82) is 0 Å². The molecule has 0 aliphatic heterocycles. The zero-order valence-electron chi connectivity index (χ0n) is 8.19. The molecule has 0 unspecified atom stereocenters. The third-order valence-electron chi connectivity index (χ3n) is 2.23. The summed E-state index contributed by atoms with van der Waals surface area (Å²) in [4.78, 5) is 17.4. The Balaban J connectivity index is 2.99. The van der Waals surface area contributed by atoms with Gasteiger partial charge in [-0.3, -0.25) is 4.79 Å². The van der Waals surface area contributed by atoms with E-state index in [1.165, 1.54) is 19.9 Å². The van der Waals surface area contributed by atoms with E-state index in [2.05, 4.69) is 9.97 Å². The van der Waals surface area contributed by atoms with Crippen LogP contribution in [0.3, 0.4) is 0 Å². The van der Waals surface area contributed by atoms with Gasteiger partial charge in [-0.2, -0.15) is 0 Å². The van der Waals surface area contributed by atoms with Crippen LogP contribution in [0, 0.1) is 25.5 Å². The van der Waals surface area contributed by atoms with Crippen molar-refractivity contribution in [3.63, 3.8) is 0 Å². The minimum absolute atomic E-state index is 0.00444. The highest BCUT2D eigenvalue weighted by Crippen LogP contribution is 2.18. The molecular weight excluding hydrogens is 202 g/mol. The predicted molar refractivity (Wildman–Crippen MR) is 51.8 cm³/mol. The van der Waals surface area contributed by atoms with E-state index in [4.69, 9.17) is 0 Å². The average molecular weight is 210 g/mol. The van der Waals surface area contributed by atoms with E-state index in [0.717, 1.165) is 0 Å². The van der Waals surface area contributed by atoms with Crippen LogP contribution < -0.4 is 5.56 Å². The molecule has 0 aromatic carbocycles. The summed E-state index contributed by atoms with van der Waals surface area (Å²) >= 11 is 0. The monoisotopic (exact) mass is 210 g/mol. The van der Waals surface area contributed by atoms with E-state index >= 15 is 0 Å². The molecule has 2 aromatic heterocycles. The Kier molecular flexibility index (Phi) is 2.03. The number of aromatic nitrogens is 2. The van der Waals surface area contributed by atoms with Crippen LogP contribution in [0.5, 0.6) is 0 Å². The maximum atomic E-state index is 13.4. The Morgan fingerprint density at radius 2 is 1.93 bits per heavy atom. The van der Waals surface area contributed by atoms with Crippen molar-refractivity contribution in [3.8, 4) is 0 Å². The Morgan fingerprint density at radius 1 is 1.27 bits per heavy atom. The number of nitrogens with one attached hydrogen (secondary N) is 1. The summed E-state index contributed by atoms with van der Waals surface area (Å²) in [6, 6.07) is 1.29. The van der Waals surface area contributed by atoms with Gasteiger partial charge < -0.3 is 4.98 Å². The smallest absolute Gasteiger partial charge is 0.252 e. The lowest BCUT2D eigenvalue weighted by molar-refractivity contribution is 0.506. The van der Waals surface area contributed by atoms with Crippen molar-refractivity contribution in [2.24, 2.45) is 0 Å². The van der Waals surface area contributed by atoms with Gasteiger partial charge in [0.2, 0.25) is 0 Å². The van der Waals surface area contributed by atoms with Gasteiger partial charge in [0.15, 0.2) is 11.6 Å². The summed E-state index contributed by atoms with van der Waals surface area (Å²) in [5.74, 6) is -1.95. The maximum Gasteiger partial charge on any atom is 0.252 e. The number of nitrogens with zero attached hydrogens (tertiary/aromatic N) is 1. The van der Waals surface area contributed by atoms with E-state index in [1.807, 2.05) is 0 Å². The lowest BCUT2D eigenvalue weighted by Gasteiger charge is -2.03. The zero-order valence-corrected chi connectivity index (χ0v) is 8.19. The van der Waals surface area contributed by atoms with Crippen LogP contribution in [-0.2, 0) is 0 Å². The van der Waals surface area contributed by atoms with Gasteiger partial charge in [0.05, 0.1) is 11.1 Å². The first kappa shape index (κ1) is 9.76. The van der Waals surface area contributed by atoms with E-state index in [9.17, 15) is 13.6 Å². The average Bonchev–Trinajstić information content (AvgIpc) is 2.19. The summed E-state index contributed by atoms with van der Waals surface area (Å²) in [7, 11) is 0. The Hall–Kier alpha value is -1.78. The third-order valence-corrected chi connectivity index (χ3v) is 2.23. The minimum atomic E-state index is -0.978. The first-order valence-corrected chi connectivity index (χ1v) is 4.36. The SMILES string of the molecule is Cc1nc2[nH]c(=O)c(C)cc2c(F)c1F. The van der Waals surface area contributed by atoms with Crippen molar-refractivity contribution in [2.45, 2.75) is 13.8 Å². The molecule has 0 fully saturated rings. The minimum Gasteiger partial charge on any atom is -0.306 e. The summed E-state index contributed by atoms with van der Waals surface area (Å²) in [5, 5.41) is -0.00444. The number of hydrogen-bond acceptors (Lipinski definition) is 2. The van der Waals surface area contributed by atoms with Gasteiger partial charge in [0.25, 0.3) is 5.56 Å². The summed E-state index contributed by atoms with van der Waals surface area (Å²) in [5.41, 5.74) is -0.0200. The fourth-order valence-electron chi connectivity index (χ4n) is 1.37. The molecular formula is C10H8F2N2O. The van der Waals surface area contributed by atoms with Crippen LogP contribution in [0.4, 0.5) is 8.78 Å². The summed E-state index contributed by atoms with van der Waals surface area (Å²) in [6.45, 7) is 2.87. The van der Waals surface area contributed by atoms with Crippen LogP contribution in [0.2, 0.25) is 0 Å². The van der Waals surface area contributed by atoms with Gasteiger partial charge >= 0.3 is 0 Å². The summed E-state index contributed by atoms with van der Waals surface area (Å²) < 4.78 is 26.6. The van der Waals surface area contributed by atoms with Gasteiger partial charge in [-0.15, -0.1) is 0 Å². The van der Waals surface area contributed by atoms with Crippen molar-refractivity contribution in [3.05, 3.63) is 39.3 Å². The molecule has 2 rings (SSSR count). The first-order valence-electron chi connectivity index (χ1n) is 4.36. The largest absolute Gasteiger partial charge is 0.306 e. The molecule has 0 saturated heterocycles. The van der Waals surface area contributed by atoms with Crippen molar-refractivity contribution in [1.82, 2.24) is 9.97 Å². The predicted octanol–water partition coefficient (Wildman–Crippen LogP) is 1.82. The molecule has 0 aliphatic carbocycles. The van der Waals surface area contributed by atoms with Gasteiger partial charge in [0, 0.05) is 5.56 Å². The van der Waals surface area contributed by atoms with Crippen molar-refractivity contribution >= 4 is 11.0 Å². The lowest BCUT2D eigenvalue weighted by Crippen LogP contribution is -2.11. The molecule has 15 heavy (non-hydrogen) atoms. The normalized spacial score (nSPS) is 10.9. The van der Waals surface area contributed by atoms with E-state index in [0.29, 0.717) is 5.56 Å². The highest BCUT2D eigenvalue weighted by Gasteiger charge is 2.13. The quantitative estimate of drug-likeness (QED) is 0.720. The second kappa shape index (κ2) is 3.12. The molecule has 0 atom stereocenters. The van der Waals surface area contributed by atoms with E-state index in [1.54, 1.807) is 0 Å². The molecule has 0 amide bonds. The molecule has 2 aromatic rings. The first-order chi connectivity index (χ1) is 7.00. The number of hydrogen-bond donors (Lipinski definition) is 1. The third kappa shape index (κ3) is 1.40. The van der Waals surface area contributed by atoms with E-state index in [-0.39, 0.29) is 22.3 Å². The maximum absolute atomic E-state index is 13.4. The van der Waals surface area contributed by atoms with Crippen LogP contribution in [-0.4, -0.2) is 9.97 Å². The van der Waals surface area contributed by atoms with Gasteiger partial charge in [-0.1, -0.05) is 0 Å². The zero-order chi connectivity index (χ0) is 11.2. The Morgan fingerprint density at radius 3 is 2.60 bits per heavy atom. The number of aromatic amines is 1. The number of aryl methyl sites for hydroxylation is 2.